The minimum Gasteiger partial charge on any atom is -0.493 e. The fraction of sp³-hybridized carbons (Fsp3) is 0.115. The van der Waals surface area contributed by atoms with Crippen LogP contribution in [0.15, 0.2) is 81.9 Å². The number of nitrogens with one attached hydrogen (secondary N) is 1. The van der Waals surface area contributed by atoms with E-state index in [0.29, 0.717) is 34.2 Å². The van der Waals surface area contributed by atoms with E-state index in [1.807, 2.05) is 48.5 Å². The number of carbonyl (C=O) groups is 2. The number of ether oxygens (including phenoxy) is 2. The van der Waals surface area contributed by atoms with Gasteiger partial charge in [0.05, 0.1) is 27.7 Å². The molecule has 1 heterocycles. The first-order valence-electron chi connectivity index (χ1n) is 10.6. The Hall–Kier alpha value is -3.18. The fourth-order valence-corrected chi connectivity index (χ4v) is 4.62. The first kappa shape index (κ1) is 24.9. The zero-order chi connectivity index (χ0) is 24.9. The number of nitrogens with zero attached hydrogens (tertiary/aromatic N) is 2. The number of anilines is 2. The number of benzene rings is 3. The molecule has 0 saturated heterocycles. The lowest BCUT2D eigenvalue weighted by Gasteiger charge is -2.14. The number of rotatable bonds is 7. The van der Waals surface area contributed by atoms with Crippen molar-refractivity contribution in [1.29, 1.82) is 0 Å². The summed E-state index contributed by atoms with van der Waals surface area (Å²) in [6, 6.07) is 20.2. The normalized spacial score (nSPS) is 14.2. The molecular formula is C26H21BrIN3O4. The molecule has 35 heavy (non-hydrogen) atoms. The van der Waals surface area contributed by atoms with Crippen LogP contribution >= 0.6 is 38.5 Å². The van der Waals surface area contributed by atoms with Gasteiger partial charge in [-0.05, 0) is 83.6 Å². The van der Waals surface area contributed by atoms with Crippen LogP contribution in [-0.2, 0) is 9.59 Å². The molecular weight excluding hydrogens is 625 g/mol. The van der Waals surface area contributed by atoms with Gasteiger partial charge in [-0.2, -0.15) is 10.1 Å². The molecule has 0 unspecified atom stereocenters. The molecule has 0 radical (unpaired) electrons. The molecule has 4 rings (SSSR count). The van der Waals surface area contributed by atoms with E-state index in [0.717, 1.165) is 13.6 Å². The van der Waals surface area contributed by atoms with Gasteiger partial charge in [-0.15, -0.1) is 0 Å². The van der Waals surface area contributed by atoms with Crippen LogP contribution < -0.4 is 19.8 Å². The topological polar surface area (TPSA) is 80.2 Å². The molecule has 1 aliphatic heterocycles. The van der Waals surface area contributed by atoms with Crippen LogP contribution in [0.25, 0.3) is 6.08 Å². The number of hydrogen-bond acceptors (Lipinski definition) is 5. The van der Waals surface area contributed by atoms with Crippen LogP contribution in [0, 0.1) is 3.57 Å². The number of amides is 2. The van der Waals surface area contributed by atoms with Gasteiger partial charge < -0.3 is 14.8 Å². The molecule has 0 atom stereocenters. The van der Waals surface area contributed by atoms with E-state index in [2.05, 4.69) is 48.9 Å². The Morgan fingerprint density at radius 2 is 1.91 bits per heavy atom. The fourth-order valence-electron chi connectivity index (χ4n) is 3.45. The van der Waals surface area contributed by atoms with Gasteiger partial charge in [0.15, 0.2) is 18.1 Å². The summed E-state index contributed by atoms with van der Waals surface area (Å²) < 4.78 is 12.9. The maximum absolute atomic E-state index is 13.1. The summed E-state index contributed by atoms with van der Waals surface area (Å²) >= 11 is 5.55. The maximum Gasteiger partial charge on any atom is 0.280 e. The van der Waals surface area contributed by atoms with Crippen molar-refractivity contribution in [2.75, 3.05) is 24.0 Å². The molecule has 9 heteroatoms. The predicted molar refractivity (Wildman–Crippen MR) is 149 cm³/mol. The van der Waals surface area contributed by atoms with E-state index in [1.54, 1.807) is 31.2 Å². The molecule has 1 aliphatic rings. The summed E-state index contributed by atoms with van der Waals surface area (Å²) in [6.07, 6.45) is 1.77. The highest BCUT2D eigenvalue weighted by Crippen LogP contribution is 2.35. The number of carbonyl (C=O) groups excluding carboxylic acids is 2. The Kier molecular flexibility index (Phi) is 7.86. The summed E-state index contributed by atoms with van der Waals surface area (Å²) in [4.78, 5) is 25.4. The lowest BCUT2D eigenvalue weighted by Crippen LogP contribution is -2.21. The van der Waals surface area contributed by atoms with E-state index in [4.69, 9.17) is 9.47 Å². The molecule has 7 nitrogen and oxygen atoms in total. The van der Waals surface area contributed by atoms with Crippen molar-refractivity contribution in [2.24, 2.45) is 5.10 Å². The van der Waals surface area contributed by atoms with Crippen molar-refractivity contribution in [2.45, 2.75) is 6.92 Å². The van der Waals surface area contributed by atoms with Crippen molar-refractivity contribution >= 4 is 73.5 Å². The van der Waals surface area contributed by atoms with Crippen molar-refractivity contribution in [1.82, 2.24) is 0 Å². The van der Waals surface area contributed by atoms with Gasteiger partial charge in [0.2, 0.25) is 0 Å². The van der Waals surface area contributed by atoms with Crippen LogP contribution in [0.4, 0.5) is 11.4 Å². The number of halogens is 2. The van der Waals surface area contributed by atoms with Crippen molar-refractivity contribution in [3.8, 4) is 11.5 Å². The van der Waals surface area contributed by atoms with Crippen LogP contribution in [0.2, 0.25) is 0 Å². The van der Waals surface area contributed by atoms with Crippen molar-refractivity contribution < 1.29 is 19.1 Å². The highest BCUT2D eigenvalue weighted by atomic mass is 127. The summed E-state index contributed by atoms with van der Waals surface area (Å²) in [5.74, 6) is 0.418. The molecule has 0 aliphatic carbocycles. The second kappa shape index (κ2) is 11.0. The molecule has 3 aromatic carbocycles. The van der Waals surface area contributed by atoms with E-state index < -0.39 is 0 Å². The zero-order valence-corrected chi connectivity index (χ0v) is 22.7. The van der Waals surface area contributed by atoms with E-state index in [1.165, 1.54) is 12.1 Å². The van der Waals surface area contributed by atoms with Crippen molar-refractivity contribution in [3.05, 3.63) is 85.9 Å². The molecule has 1 N–H and O–H groups in total. The lowest BCUT2D eigenvalue weighted by molar-refractivity contribution is -0.118. The molecule has 0 fully saturated rings. The smallest absolute Gasteiger partial charge is 0.280 e. The molecule has 3 aromatic rings. The van der Waals surface area contributed by atoms with Gasteiger partial charge in [0, 0.05) is 10.2 Å². The second-order valence-corrected chi connectivity index (χ2v) is 9.66. The number of methoxy groups -OCH3 is 1. The second-order valence-electron chi connectivity index (χ2n) is 7.58. The maximum atomic E-state index is 13.1. The highest BCUT2D eigenvalue weighted by Gasteiger charge is 2.29. The van der Waals surface area contributed by atoms with Crippen LogP contribution in [0.1, 0.15) is 12.5 Å². The van der Waals surface area contributed by atoms with E-state index in [9.17, 15) is 9.59 Å². The minimum atomic E-state index is -0.281. The molecule has 0 saturated carbocycles. The van der Waals surface area contributed by atoms with Crippen molar-refractivity contribution in [3.63, 3.8) is 0 Å². The van der Waals surface area contributed by atoms with Crippen LogP contribution in [-0.4, -0.2) is 31.2 Å². The van der Waals surface area contributed by atoms with Crippen LogP contribution in [0.3, 0.4) is 0 Å². The lowest BCUT2D eigenvalue weighted by atomic mass is 10.1. The first-order chi connectivity index (χ1) is 16.9. The Morgan fingerprint density at radius 3 is 2.63 bits per heavy atom. The predicted octanol–water partition coefficient (Wildman–Crippen LogP) is 5.89. The molecule has 2 amide bonds. The third kappa shape index (κ3) is 5.91. The molecule has 178 valence electrons. The van der Waals surface area contributed by atoms with Crippen LogP contribution in [0.5, 0.6) is 11.5 Å². The standard InChI is InChI=1S/C26H21BrIN3O4/c1-16-21(26(33)31(30-16)20-10-6-7-18(27)14-20)11-17-12-22(28)25(23(13-17)34-2)35-15-24(32)29-19-8-4-3-5-9-19/h3-14H,15H2,1-2H3,(H,29,32)/b21-11-. The van der Waals surface area contributed by atoms with Gasteiger partial charge in [-0.1, -0.05) is 40.2 Å². The van der Waals surface area contributed by atoms with Gasteiger partial charge >= 0.3 is 0 Å². The van der Waals surface area contributed by atoms with Gasteiger partial charge in [-0.3, -0.25) is 9.59 Å². The monoisotopic (exact) mass is 645 g/mol. The summed E-state index contributed by atoms with van der Waals surface area (Å²) in [5, 5.41) is 8.60. The molecule has 0 spiro atoms. The number of para-hydroxylation sites is 1. The Morgan fingerprint density at radius 1 is 1.14 bits per heavy atom. The first-order valence-corrected chi connectivity index (χ1v) is 12.5. The average Bonchev–Trinajstić information content (AvgIpc) is 3.12. The molecule has 0 aromatic heterocycles. The third-order valence-electron chi connectivity index (χ3n) is 5.08. The Balaban J connectivity index is 1.52. The number of hydrazone groups is 1. The van der Waals surface area contributed by atoms with Gasteiger partial charge in [-0.25, -0.2) is 0 Å². The zero-order valence-electron chi connectivity index (χ0n) is 18.9. The summed E-state index contributed by atoms with van der Waals surface area (Å²) in [5.41, 5.74) is 3.22. The Bertz CT molecular complexity index is 1340. The summed E-state index contributed by atoms with van der Waals surface area (Å²) in [7, 11) is 1.53. The van der Waals surface area contributed by atoms with Gasteiger partial charge in [0.1, 0.15) is 0 Å². The third-order valence-corrected chi connectivity index (χ3v) is 6.38. The van der Waals surface area contributed by atoms with Gasteiger partial charge in [0.25, 0.3) is 11.8 Å². The number of hydrogen-bond donors (Lipinski definition) is 1. The quantitative estimate of drug-likeness (QED) is 0.257. The highest BCUT2D eigenvalue weighted by molar-refractivity contribution is 14.1. The minimum absolute atomic E-state index is 0.173. The van der Waals surface area contributed by atoms with E-state index >= 15 is 0 Å². The SMILES string of the molecule is COc1cc(/C=C2\C(=O)N(c3cccc(Br)c3)N=C2C)cc(I)c1OCC(=O)Nc1ccccc1. The molecule has 0 bridgehead atoms. The Labute approximate surface area is 225 Å². The average molecular weight is 646 g/mol. The summed E-state index contributed by atoms with van der Waals surface area (Å²) in [6.45, 7) is 1.63. The van der Waals surface area contributed by atoms with E-state index in [-0.39, 0.29) is 18.4 Å². The largest absolute Gasteiger partial charge is 0.493 e.